The fourth-order valence-electron chi connectivity index (χ4n) is 1.20. The van der Waals surface area contributed by atoms with E-state index in [0.717, 1.165) is 0 Å². The van der Waals surface area contributed by atoms with Crippen LogP contribution in [0.25, 0.3) is 0 Å². The number of methoxy groups -OCH3 is 2. The average Bonchev–Trinajstić information content (AvgIpc) is 2.16. The van der Waals surface area contributed by atoms with Crippen LogP contribution in [-0.2, 0) is 0 Å². The predicted octanol–water partition coefficient (Wildman–Crippen LogP) is 1.86. The Morgan fingerprint density at radius 1 is 1.29 bits per heavy atom. The van der Waals surface area contributed by atoms with E-state index in [4.69, 9.17) is 15.2 Å². The third-order valence-corrected chi connectivity index (χ3v) is 1.98. The van der Waals surface area contributed by atoms with Crippen LogP contribution in [0.15, 0.2) is 12.1 Å². The highest BCUT2D eigenvalue weighted by atomic mass is 19.1. The summed E-state index contributed by atoms with van der Waals surface area (Å²) >= 11 is 0. The molecule has 0 aliphatic rings. The van der Waals surface area contributed by atoms with Gasteiger partial charge in [0.1, 0.15) is 0 Å². The average molecular weight is 199 g/mol. The highest BCUT2D eigenvalue weighted by Gasteiger charge is 2.13. The van der Waals surface area contributed by atoms with Crippen molar-refractivity contribution in [1.29, 1.82) is 0 Å². The molecule has 0 aromatic heterocycles. The monoisotopic (exact) mass is 199 g/mol. The van der Waals surface area contributed by atoms with Gasteiger partial charge in [0.05, 0.1) is 14.2 Å². The molecule has 0 bridgehead atoms. The van der Waals surface area contributed by atoms with Crippen molar-refractivity contribution in [1.82, 2.24) is 0 Å². The summed E-state index contributed by atoms with van der Waals surface area (Å²) in [6, 6.07) is 2.79. The van der Waals surface area contributed by atoms with Crippen LogP contribution < -0.4 is 15.2 Å². The van der Waals surface area contributed by atoms with Gasteiger partial charge in [-0.1, -0.05) is 0 Å². The summed E-state index contributed by atoms with van der Waals surface area (Å²) in [4.78, 5) is 0. The smallest absolute Gasteiger partial charge is 0.196 e. The van der Waals surface area contributed by atoms with Gasteiger partial charge in [-0.25, -0.2) is 4.39 Å². The SMILES string of the molecule is COc1cc(C(C)N)cc(F)c1OC. The molecule has 3 nitrogen and oxygen atoms in total. The molecule has 0 spiro atoms. The van der Waals surface area contributed by atoms with Gasteiger partial charge < -0.3 is 15.2 Å². The minimum absolute atomic E-state index is 0.108. The van der Waals surface area contributed by atoms with Crippen molar-refractivity contribution in [3.8, 4) is 11.5 Å². The number of rotatable bonds is 3. The zero-order valence-electron chi connectivity index (χ0n) is 8.50. The van der Waals surface area contributed by atoms with E-state index in [0.29, 0.717) is 11.3 Å². The number of halogens is 1. The summed E-state index contributed by atoms with van der Waals surface area (Å²) in [5.41, 5.74) is 6.32. The molecule has 78 valence electrons. The Labute approximate surface area is 82.6 Å². The number of ether oxygens (including phenoxy) is 2. The standard InChI is InChI=1S/C10H14FNO2/c1-6(12)7-4-8(11)10(14-3)9(5-7)13-2/h4-6H,12H2,1-3H3. The second-order valence-electron chi connectivity index (χ2n) is 3.03. The van der Waals surface area contributed by atoms with Crippen molar-refractivity contribution >= 4 is 0 Å². The largest absolute Gasteiger partial charge is 0.493 e. The summed E-state index contributed by atoms with van der Waals surface area (Å²) < 4.78 is 23.2. The van der Waals surface area contributed by atoms with Crippen molar-refractivity contribution in [3.63, 3.8) is 0 Å². The molecule has 1 rings (SSSR count). The molecule has 0 radical (unpaired) electrons. The minimum atomic E-state index is -0.459. The Hall–Kier alpha value is -1.29. The second-order valence-corrected chi connectivity index (χ2v) is 3.03. The maximum atomic E-state index is 13.4. The molecule has 0 saturated heterocycles. The molecule has 4 heteroatoms. The van der Waals surface area contributed by atoms with E-state index >= 15 is 0 Å². The van der Waals surface area contributed by atoms with Crippen LogP contribution >= 0.6 is 0 Å². The Morgan fingerprint density at radius 3 is 2.36 bits per heavy atom. The maximum absolute atomic E-state index is 13.4. The molecule has 1 atom stereocenters. The van der Waals surface area contributed by atoms with Crippen LogP contribution in [0.5, 0.6) is 11.5 Å². The first-order valence-corrected chi connectivity index (χ1v) is 4.27. The van der Waals surface area contributed by atoms with E-state index in [1.54, 1.807) is 13.0 Å². The van der Waals surface area contributed by atoms with Crippen molar-refractivity contribution in [3.05, 3.63) is 23.5 Å². The van der Waals surface area contributed by atoms with Gasteiger partial charge >= 0.3 is 0 Å². The molecule has 1 unspecified atom stereocenters. The van der Waals surface area contributed by atoms with Crippen molar-refractivity contribution < 1.29 is 13.9 Å². The first-order valence-electron chi connectivity index (χ1n) is 4.27. The van der Waals surface area contributed by atoms with Gasteiger partial charge in [0, 0.05) is 6.04 Å². The molecule has 0 amide bonds. The first-order chi connectivity index (χ1) is 6.60. The highest BCUT2D eigenvalue weighted by Crippen LogP contribution is 2.32. The van der Waals surface area contributed by atoms with Gasteiger partial charge in [-0.2, -0.15) is 0 Å². The molecular formula is C10H14FNO2. The lowest BCUT2D eigenvalue weighted by Gasteiger charge is -2.12. The fraction of sp³-hybridized carbons (Fsp3) is 0.400. The van der Waals surface area contributed by atoms with Gasteiger partial charge in [-0.3, -0.25) is 0 Å². The summed E-state index contributed by atoms with van der Waals surface area (Å²) in [5.74, 6) is 0.0100. The van der Waals surface area contributed by atoms with Gasteiger partial charge in [-0.05, 0) is 24.6 Å². The van der Waals surface area contributed by atoms with Gasteiger partial charge in [-0.15, -0.1) is 0 Å². The third-order valence-electron chi connectivity index (χ3n) is 1.98. The molecular weight excluding hydrogens is 185 g/mol. The van der Waals surface area contributed by atoms with Crippen LogP contribution in [0.2, 0.25) is 0 Å². The van der Waals surface area contributed by atoms with E-state index < -0.39 is 5.82 Å². The summed E-state index contributed by atoms with van der Waals surface area (Å²) in [6.45, 7) is 1.78. The molecule has 1 aromatic carbocycles. The summed E-state index contributed by atoms with van der Waals surface area (Å²) in [5, 5.41) is 0. The normalized spacial score (nSPS) is 12.4. The molecule has 0 saturated carbocycles. The Morgan fingerprint density at radius 2 is 1.93 bits per heavy atom. The lowest BCUT2D eigenvalue weighted by molar-refractivity contribution is 0.336. The van der Waals surface area contributed by atoms with Crippen molar-refractivity contribution in [2.45, 2.75) is 13.0 Å². The molecule has 1 aromatic rings. The zero-order valence-corrected chi connectivity index (χ0v) is 8.50. The van der Waals surface area contributed by atoms with Crippen LogP contribution in [0.3, 0.4) is 0 Å². The zero-order chi connectivity index (χ0) is 10.7. The van der Waals surface area contributed by atoms with Gasteiger partial charge in [0.25, 0.3) is 0 Å². The van der Waals surface area contributed by atoms with Crippen molar-refractivity contribution in [2.75, 3.05) is 14.2 Å². The quantitative estimate of drug-likeness (QED) is 0.808. The summed E-state index contributed by atoms with van der Waals surface area (Å²) in [6.07, 6.45) is 0. The van der Waals surface area contributed by atoms with E-state index in [1.807, 2.05) is 0 Å². The minimum Gasteiger partial charge on any atom is -0.493 e. The van der Waals surface area contributed by atoms with Crippen LogP contribution in [0, 0.1) is 5.82 Å². The number of hydrogen-bond acceptors (Lipinski definition) is 3. The Bertz CT molecular complexity index is 326. The van der Waals surface area contributed by atoms with Crippen LogP contribution in [-0.4, -0.2) is 14.2 Å². The molecule has 14 heavy (non-hydrogen) atoms. The van der Waals surface area contributed by atoms with Crippen LogP contribution in [0.1, 0.15) is 18.5 Å². The van der Waals surface area contributed by atoms with Crippen molar-refractivity contribution in [2.24, 2.45) is 5.73 Å². The number of nitrogens with two attached hydrogens (primary N) is 1. The Balaban J connectivity index is 3.24. The molecule has 0 heterocycles. The predicted molar refractivity (Wildman–Crippen MR) is 52.1 cm³/mol. The van der Waals surface area contributed by atoms with E-state index in [-0.39, 0.29) is 11.8 Å². The molecule has 0 aliphatic heterocycles. The lowest BCUT2D eigenvalue weighted by Crippen LogP contribution is -2.06. The molecule has 0 aliphatic carbocycles. The van der Waals surface area contributed by atoms with Gasteiger partial charge in [0.15, 0.2) is 17.3 Å². The lowest BCUT2D eigenvalue weighted by atomic mass is 10.1. The van der Waals surface area contributed by atoms with Gasteiger partial charge in [0.2, 0.25) is 0 Å². The van der Waals surface area contributed by atoms with E-state index in [1.165, 1.54) is 20.3 Å². The second kappa shape index (κ2) is 4.28. The number of hydrogen-bond donors (Lipinski definition) is 1. The van der Waals surface area contributed by atoms with E-state index in [2.05, 4.69) is 0 Å². The third kappa shape index (κ3) is 1.96. The first kappa shape index (κ1) is 10.8. The molecule has 0 fully saturated rings. The molecule has 2 N–H and O–H groups in total. The fourth-order valence-corrected chi connectivity index (χ4v) is 1.20. The maximum Gasteiger partial charge on any atom is 0.196 e. The Kier molecular flexibility index (Phi) is 3.30. The van der Waals surface area contributed by atoms with E-state index in [9.17, 15) is 4.39 Å². The van der Waals surface area contributed by atoms with Crippen LogP contribution in [0.4, 0.5) is 4.39 Å². The highest BCUT2D eigenvalue weighted by molar-refractivity contribution is 5.44. The summed E-state index contributed by atoms with van der Waals surface area (Å²) in [7, 11) is 2.86. The topological polar surface area (TPSA) is 44.5 Å². The number of benzene rings is 1.